The zero-order valence-corrected chi connectivity index (χ0v) is 15.0. The van der Waals surface area contributed by atoms with Crippen molar-refractivity contribution in [1.82, 2.24) is 30.7 Å². The molecule has 0 aliphatic carbocycles. The van der Waals surface area contributed by atoms with Crippen molar-refractivity contribution in [3.8, 4) is 5.82 Å². The van der Waals surface area contributed by atoms with Gasteiger partial charge in [0.25, 0.3) is 5.91 Å². The number of alkyl halides is 3. The Morgan fingerprint density at radius 3 is 2.62 bits per heavy atom. The number of carbonyl (C=O) groups excluding carboxylic acids is 1. The Balaban J connectivity index is 1.75. The third-order valence-electron chi connectivity index (χ3n) is 3.78. The lowest BCUT2D eigenvalue weighted by Crippen LogP contribution is -2.20. The number of hydrogen-bond donors (Lipinski definition) is 2. The first kappa shape index (κ1) is 20.0. The number of nitrogen functional groups attached to an aromatic ring is 1. The van der Waals surface area contributed by atoms with Crippen LogP contribution in [0.25, 0.3) is 5.82 Å². The molecule has 0 spiro atoms. The Hall–Kier alpha value is -3.77. The summed E-state index contributed by atoms with van der Waals surface area (Å²) < 4.78 is 43.5. The molecule has 3 rings (SSSR count). The van der Waals surface area contributed by atoms with Gasteiger partial charge in [-0.1, -0.05) is 30.7 Å². The highest BCUT2D eigenvalue weighted by molar-refractivity contribution is 5.94. The van der Waals surface area contributed by atoms with Crippen LogP contribution in [0.2, 0.25) is 0 Å². The fraction of sp³-hybridized carbons (Fsp3) is 0.250. The molecule has 0 saturated heterocycles. The molecule has 1 amide bonds. The number of nitrogens with one attached hydrogen (secondary N) is 1. The summed E-state index contributed by atoms with van der Waals surface area (Å²) in [5.41, 5.74) is 7.94. The first-order valence-electron chi connectivity index (χ1n) is 8.35. The number of nitrogens with zero attached hydrogens (tertiary/aromatic N) is 6. The molecule has 2 aromatic heterocycles. The molecule has 0 unspecified atom stereocenters. The van der Waals surface area contributed by atoms with E-state index in [0.29, 0.717) is 24.1 Å². The van der Waals surface area contributed by atoms with Gasteiger partial charge >= 0.3 is 6.18 Å². The van der Waals surface area contributed by atoms with E-state index in [4.69, 9.17) is 5.73 Å². The summed E-state index contributed by atoms with van der Waals surface area (Å²) in [7, 11) is 0. The molecule has 10 nitrogen and oxygen atoms in total. The van der Waals surface area contributed by atoms with Crippen LogP contribution in [0.5, 0.6) is 0 Å². The van der Waals surface area contributed by atoms with E-state index in [1.165, 1.54) is 23.0 Å². The predicted octanol–water partition coefficient (Wildman–Crippen LogP) is 1.97. The van der Waals surface area contributed by atoms with Crippen molar-refractivity contribution in [1.29, 1.82) is 0 Å². The zero-order valence-electron chi connectivity index (χ0n) is 15.0. The number of rotatable bonds is 6. The molecular weight excluding hydrogens is 393 g/mol. The maximum Gasteiger partial charge on any atom is 0.416 e. The molecule has 0 aliphatic heterocycles. The Labute approximate surface area is 161 Å². The fourth-order valence-corrected chi connectivity index (χ4v) is 2.42. The van der Waals surface area contributed by atoms with Crippen molar-refractivity contribution in [3.63, 3.8) is 0 Å². The van der Waals surface area contributed by atoms with Crippen LogP contribution < -0.4 is 11.2 Å². The predicted molar refractivity (Wildman–Crippen MR) is 94.1 cm³/mol. The van der Waals surface area contributed by atoms with Gasteiger partial charge in [0.2, 0.25) is 11.6 Å². The van der Waals surface area contributed by atoms with Crippen molar-refractivity contribution in [2.75, 3.05) is 5.73 Å². The fourth-order valence-electron chi connectivity index (χ4n) is 2.42. The van der Waals surface area contributed by atoms with Crippen LogP contribution >= 0.6 is 0 Å². The van der Waals surface area contributed by atoms with Crippen LogP contribution in [0.3, 0.4) is 0 Å². The average molecular weight is 408 g/mol. The van der Waals surface area contributed by atoms with Gasteiger partial charge in [0.1, 0.15) is 0 Å². The quantitative estimate of drug-likeness (QED) is 0.470. The monoisotopic (exact) mass is 408 g/mol. The number of aromatic nitrogens is 5. The summed E-state index contributed by atoms with van der Waals surface area (Å²) in [5.74, 6) is -0.564. The SMILES string of the molecule is CCCc1c(C(=O)N/N=C\c2ccc(C(F)(F)F)cc2)nnn1-c1nonc1N. The Kier molecular flexibility index (Phi) is 5.57. The highest BCUT2D eigenvalue weighted by atomic mass is 19.4. The maximum atomic E-state index is 12.6. The topological polar surface area (TPSA) is 137 Å². The van der Waals surface area contributed by atoms with Crippen molar-refractivity contribution in [2.45, 2.75) is 25.9 Å². The lowest BCUT2D eigenvalue weighted by molar-refractivity contribution is -0.137. The normalized spacial score (nSPS) is 11.9. The molecule has 29 heavy (non-hydrogen) atoms. The van der Waals surface area contributed by atoms with E-state index in [9.17, 15) is 18.0 Å². The van der Waals surface area contributed by atoms with E-state index < -0.39 is 17.6 Å². The molecular formula is C16H15F3N8O2. The van der Waals surface area contributed by atoms with E-state index in [1.54, 1.807) is 0 Å². The number of hydrogen-bond acceptors (Lipinski definition) is 8. The number of carbonyl (C=O) groups is 1. The maximum absolute atomic E-state index is 12.6. The minimum absolute atomic E-state index is 0.00109. The minimum atomic E-state index is -4.42. The van der Waals surface area contributed by atoms with Crippen LogP contribution in [-0.2, 0) is 12.6 Å². The third kappa shape index (κ3) is 4.39. The minimum Gasteiger partial charge on any atom is -0.378 e. The molecule has 3 N–H and O–H groups in total. The van der Waals surface area contributed by atoms with Crippen molar-refractivity contribution in [2.24, 2.45) is 5.10 Å². The summed E-state index contributed by atoms with van der Waals surface area (Å²) in [6.07, 6.45) is -2.10. The molecule has 3 aromatic rings. The van der Waals surface area contributed by atoms with E-state index in [-0.39, 0.29) is 17.3 Å². The van der Waals surface area contributed by atoms with Gasteiger partial charge in [0.15, 0.2) is 5.69 Å². The van der Waals surface area contributed by atoms with Gasteiger partial charge < -0.3 is 5.73 Å². The largest absolute Gasteiger partial charge is 0.416 e. The zero-order chi connectivity index (χ0) is 21.0. The van der Waals surface area contributed by atoms with Crippen LogP contribution in [-0.4, -0.2) is 37.4 Å². The second-order valence-corrected chi connectivity index (χ2v) is 5.84. The highest BCUT2D eigenvalue weighted by Gasteiger charge is 2.29. The number of anilines is 1. The van der Waals surface area contributed by atoms with Gasteiger partial charge in [0, 0.05) is 0 Å². The molecule has 0 saturated carbocycles. The number of amides is 1. The van der Waals surface area contributed by atoms with Crippen molar-refractivity contribution >= 4 is 17.9 Å². The Morgan fingerprint density at radius 2 is 2.03 bits per heavy atom. The van der Waals surface area contributed by atoms with Crippen LogP contribution in [0.1, 0.15) is 40.7 Å². The first-order chi connectivity index (χ1) is 13.8. The number of nitrogens with two attached hydrogens (primary N) is 1. The van der Waals surface area contributed by atoms with Gasteiger partial charge in [-0.3, -0.25) is 4.79 Å². The second-order valence-electron chi connectivity index (χ2n) is 5.84. The van der Waals surface area contributed by atoms with Gasteiger partial charge in [-0.05, 0) is 34.4 Å². The van der Waals surface area contributed by atoms with Crippen LogP contribution in [0, 0.1) is 0 Å². The summed E-state index contributed by atoms with van der Waals surface area (Å²) >= 11 is 0. The molecule has 0 aliphatic rings. The van der Waals surface area contributed by atoms with E-state index in [2.05, 4.69) is 35.8 Å². The van der Waals surface area contributed by atoms with Gasteiger partial charge in [-0.2, -0.15) is 23.0 Å². The molecule has 152 valence electrons. The number of halogens is 3. The molecule has 0 bridgehead atoms. The Morgan fingerprint density at radius 1 is 1.31 bits per heavy atom. The van der Waals surface area contributed by atoms with Crippen molar-refractivity contribution < 1.29 is 22.6 Å². The second kappa shape index (κ2) is 8.08. The van der Waals surface area contributed by atoms with Gasteiger partial charge in [0.05, 0.1) is 17.5 Å². The molecule has 0 radical (unpaired) electrons. The molecule has 0 atom stereocenters. The van der Waals surface area contributed by atoms with Crippen molar-refractivity contribution in [3.05, 3.63) is 46.8 Å². The summed E-state index contributed by atoms with van der Waals surface area (Å²) in [4.78, 5) is 12.4. The molecule has 0 fully saturated rings. The van der Waals surface area contributed by atoms with Gasteiger partial charge in [-0.15, -0.1) is 5.10 Å². The van der Waals surface area contributed by atoms with E-state index in [0.717, 1.165) is 12.1 Å². The van der Waals surface area contributed by atoms with Gasteiger partial charge in [-0.25, -0.2) is 10.1 Å². The first-order valence-corrected chi connectivity index (χ1v) is 8.35. The molecule has 1 aromatic carbocycles. The molecule has 2 heterocycles. The number of benzene rings is 1. The average Bonchev–Trinajstić information content (AvgIpc) is 3.27. The van der Waals surface area contributed by atoms with E-state index in [1.807, 2.05) is 6.92 Å². The third-order valence-corrected chi connectivity index (χ3v) is 3.78. The van der Waals surface area contributed by atoms with Crippen LogP contribution in [0.4, 0.5) is 19.0 Å². The van der Waals surface area contributed by atoms with Crippen LogP contribution in [0.15, 0.2) is 34.0 Å². The summed E-state index contributed by atoms with van der Waals surface area (Å²) in [5, 5.41) is 18.5. The van der Waals surface area contributed by atoms with E-state index >= 15 is 0 Å². The summed E-state index contributed by atoms with van der Waals surface area (Å²) in [6.45, 7) is 1.90. The molecule has 13 heteroatoms. The Bertz CT molecular complexity index is 1020. The standard InChI is InChI=1S/C16H15F3N8O2/c1-2-3-11-12(22-26-27(11)14-13(20)24-29-25-14)15(28)23-21-8-9-4-6-10(7-5-9)16(17,18)19/h4-8H,2-3H2,1H3,(H2,20,24)(H,23,28)/b21-8-. The smallest absolute Gasteiger partial charge is 0.378 e. The highest BCUT2D eigenvalue weighted by Crippen LogP contribution is 2.28. The number of hydrazone groups is 1. The lowest BCUT2D eigenvalue weighted by atomic mass is 10.1. The summed E-state index contributed by atoms with van der Waals surface area (Å²) in [6, 6.07) is 4.31. The lowest BCUT2D eigenvalue weighted by Gasteiger charge is -2.05.